The van der Waals surface area contributed by atoms with E-state index in [1.165, 1.54) is 12.1 Å². The first-order chi connectivity index (χ1) is 13.9. The predicted octanol–water partition coefficient (Wildman–Crippen LogP) is 4.08. The van der Waals surface area contributed by atoms with Gasteiger partial charge >= 0.3 is 6.36 Å². The second-order valence-electron chi connectivity index (χ2n) is 6.10. The van der Waals surface area contributed by atoms with E-state index in [9.17, 15) is 35.5 Å². The Morgan fingerprint density at radius 1 is 1.10 bits per heavy atom. The number of aliphatic hydroxyl groups is 1. The van der Waals surface area contributed by atoms with Crippen LogP contribution in [0.5, 0.6) is 5.75 Å². The number of rotatable bonds is 5. The SMILES string of the molecule is CS(=O)(=O)c1c(F)cc(-c2c(-c3cccc(OC(F)(F)F)c3)noc2CO)cc1F. The number of aliphatic hydroxyl groups excluding tert-OH is 1. The lowest BCUT2D eigenvalue weighted by atomic mass is 9.99. The van der Waals surface area contributed by atoms with Crippen LogP contribution in [0.25, 0.3) is 22.4 Å². The van der Waals surface area contributed by atoms with Crippen LogP contribution in [0.3, 0.4) is 0 Å². The van der Waals surface area contributed by atoms with E-state index in [0.717, 1.165) is 12.1 Å². The highest BCUT2D eigenvalue weighted by molar-refractivity contribution is 7.90. The first-order valence-electron chi connectivity index (χ1n) is 8.06. The molecule has 1 heterocycles. The van der Waals surface area contributed by atoms with Crippen LogP contribution in [0.15, 0.2) is 45.8 Å². The van der Waals surface area contributed by atoms with Crippen LogP contribution < -0.4 is 4.74 Å². The maximum Gasteiger partial charge on any atom is 0.573 e. The molecule has 0 unspecified atom stereocenters. The van der Waals surface area contributed by atoms with Gasteiger partial charge in [-0.1, -0.05) is 17.3 Å². The van der Waals surface area contributed by atoms with Crippen molar-refractivity contribution in [1.82, 2.24) is 5.16 Å². The van der Waals surface area contributed by atoms with Crippen LogP contribution in [0.1, 0.15) is 5.76 Å². The van der Waals surface area contributed by atoms with Gasteiger partial charge in [-0.15, -0.1) is 13.2 Å². The molecule has 0 atom stereocenters. The van der Waals surface area contributed by atoms with Gasteiger partial charge in [-0.2, -0.15) is 0 Å². The minimum Gasteiger partial charge on any atom is -0.406 e. The molecule has 0 fully saturated rings. The molecule has 2 aromatic carbocycles. The normalized spacial score (nSPS) is 12.2. The molecule has 0 spiro atoms. The van der Waals surface area contributed by atoms with Crippen LogP contribution in [-0.4, -0.2) is 31.3 Å². The van der Waals surface area contributed by atoms with Gasteiger partial charge in [0.15, 0.2) is 15.6 Å². The van der Waals surface area contributed by atoms with Crippen molar-refractivity contribution in [2.45, 2.75) is 17.9 Å². The first-order valence-corrected chi connectivity index (χ1v) is 9.95. The zero-order valence-electron chi connectivity index (χ0n) is 15.0. The number of benzene rings is 2. The van der Waals surface area contributed by atoms with Crippen molar-refractivity contribution in [3.05, 3.63) is 53.8 Å². The maximum absolute atomic E-state index is 14.3. The summed E-state index contributed by atoms with van der Waals surface area (Å²) in [5, 5.41) is 13.1. The van der Waals surface area contributed by atoms with E-state index >= 15 is 0 Å². The molecular weight excluding hydrogens is 437 g/mol. The average Bonchev–Trinajstić information content (AvgIpc) is 3.02. The summed E-state index contributed by atoms with van der Waals surface area (Å²) in [5.74, 6) is -3.60. The standard InChI is InChI=1S/C18H12F5NO5S/c1-30(26,27)17-12(19)6-10(7-13(17)20)15-14(8-25)29-24-16(15)9-3-2-4-11(5-9)28-18(21,22)23/h2-7,25H,8H2,1H3. The van der Waals surface area contributed by atoms with Crippen LogP contribution in [0, 0.1) is 11.6 Å². The van der Waals surface area contributed by atoms with Gasteiger partial charge < -0.3 is 14.4 Å². The largest absolute Gasteiger partial charge is 0.573 e. The Balaban J connectivity index is 2.18. The Morgan fingerprint density at radius 2 is 1.73 bits per heavy atom. The second kappa shape index (κ2) is 7.69. The fourth-order valence-corrected chi connectivity index (χ4v) is 3.65. The summed E-state index contributed by atoms with van der Waals surface area (Å²) in [6.45, 7) is -0.752. The van der Waals surface area contributed by atoms with Crippen molar-refractivity contribution in [1.29, 1.82) is 0 Å². The molecule has 1 N–H and O–H groups in total. The lowest BCUT2D eigenvalue weighted by Gasteiger charge is -2.10. The number of halogens is 5. The minimum atomic E-state index is -4.95. The minimum absolute atomic E-state index is 0.0307. The van der Waals surface area contributed by atoms with Crippen molar-refractivity contribution >= 4 is 9.84 Å². The van der Waals surface area contributed by atoms with Gasteiger partial charge in [0.2, 0.25) is 0 Å². The maximum atomic E-state index is 14.3. The highest BCUT2D eigenvalue weighted by Gasteiger charge is 2.31. The van der Waals surface area contributed by atoms with Gasteiger partial charge in [0, 0.05) is 11.8 Å². The highest BCUT2D eigenvalue weighted by Crippen LogP contribution is 2.38. The zero-order valence-corrected chi connectivity index (χ0v) is 15.8. The number of alkyl halides is 3. The molecule has 0 saturated carbocycles. The Morgan fingerprint density at radius 3 is 2.27 bits per heavy atom. The van der Waals surface area contributed by atoms with E-state index in [2.05, 4.69) is 9.89 Å². The molecule has 6 nitrogen and oxygen atoms in total. The third kappa shape index (κ3) is 4.44. The Hall–Kier alpha value is -2.99. The van der Waals surface area contributed by atoms with Crippen molar-refractivity contribution in [2.24, 2.45) is 0 Å². The molecule has 0 aliphatic carbocycles. The summed E-state index contributed by atoms with van der Waals surface area (Å²) in [5.41, 5.74) is -0.472. The van der Waals surface area contributed by atoms with Gasteiger partial charge in [0.1, 0.15) is 34.6 Å². The molecule has 1 aromatic heterocycles. The number of ether oxygens (including phenoxy) is 1. The summed E-state index contributed by atoms with van der Waals surface area (Å²) in [7, 11) is -4.21. The van der Waals surface area contributed by atoms with Crippen LogP contribution in [-0.2, 0) is 16.4 Å². The third-order valence-corrected chi connectivity index (χ3v) is 5.04. The molecule has 0 saturated heterocycles. The summed E-state index contributed by atoms with van der Waals surface area (Å²) in [6.07, 6.45) is -4.32. The number of sulfone groups is 1. The zero-order chi connectivity index (χ0) is 22.3. The average molecular weight is 449 g/mol. The van der Waals surface area contributed by atoms with Crippen molar-refractivity contribution < 1.29 is 44.7 Å². The molecule has 0 bridgehead atoms. The second-order valence-corrected chi connectivity index (χ2v) is 8.06. The van der Waals surface area contributed by atoms with E-state index < -0.39 is 45.1 Å². The van der Waals surface area contributed by atoms with Crippen LogP contribution >= 0.6 is 0 Å². The summed E-state index contributed by atoms with van der Waals surface area (Å²) >= 11 is 0. The predicted molar refractivity (Wildman–Crippen MR) is 93.0 cm³/mol. The van der Waals surface area contributed by atoms with E-state index in [1.54, 1.807) is 0 Å². The van der Waals surface area contributed by atoms with Crippen molar-refractivity contribution in [2.75, 3.05) is 6.26 Å². The molecule has 160 valence electrons. The summed E-state index contributed by atoms with van der Waals surface area (Å²) in [4.78, 5) is -1.14. The highest BCUT2D eigenvalue weighted by atomic mass is 32.2. The number of aromatic nitrogens is 1. The summed E-state index contributed by atoms with van der Waals surface area (Å²) in [6, 6.07) is 5.96. The van der Waals surface area contributed by atoms with Crippen molar-refractivity contribution in [3.63, 3.8) is 0 Å². The molecular formula is C18H12F5NO5S. The molecule has 0 amide bonds. The molecule has 0 aliphatic heterocycles. The molecule has 30 heavy (non-hydrogen) atoms. The third-order valence-electron chi connectivity index (χ3n) is 3.91. The smallest absolute Gasteiger partial charge is 0.406 e. The lowest BCUT2D eigenvalue weighted by Crippen LogP contribution is -2.17. The molecule has 12 heteroatoms. The number of hydrogen-bond acceptors (Lipinski definition) is 6. The van der Waals surface area contributed by atoms with E-state index in [-0.39, 0.29) is 28.1 Å². The van der Waals surface area contributed by atoms with E-state index in [0.29, 0.717) is 18.4 Å². The number of hydrogen-bond donors (Lipinski definition) is 1. The van der Waals surface area contributed by atoms with Gasteiger partial charge in [-0.25, -0.2) is 17.2 Å². The first kappa shape index (κ1) is 21.7. The van der Waals surface area contributed by atoms with Crippen LogP contribution in [0.4, 0.5) is 22.0 Å². The Bertz CT molecular complexity index is 1180. The van der Waals surface area contributed by atoms with Gasteiger partial charge in [-0.3, -0.25) is 0 Å². The van der Waals surface area contributed by atoms with Crippen LogP contribution in [0.2, 0.25) is 0 Å². The fraction of sp³-hybridized carbons (Fsp3) is 0.167. The monoisotopic (exact) mass is 449 g/mol. The lowest BCUT2D eigenvalue weighted by molar-refractivity contribution is -0.274. The quantitative estimate of drug-likeness (QED) is 0.591. The van der Waals surface area contributed by atoms with Gasteiger partial charge in [-0.05, 0) is 29.8 Å². The molecule has 3 aromatic rings. The number of nitrogens with zero attached hydrogens (tertiary/aromatic N) is 1. The topological polar surface area (TPSA) is 89.6 Å². The fourth-order valence-electron chi connectivity index (χ4n) is 2.83. The molecule has 0 radical (unpaired) electrons. The molecule has 0 aliphatic rings. The van der Waals surface area contributed by atoms with E-state index in [4.69, 9.17) is 4.52 Å². The van der Waals surface area contributed by atoms with E-state index in [1.807, 2.05) is 0 Å². The molecule has 3 rings (SSSR count). The van der Waals surface area contributed by atoms with Gasteiger partial charge in [0.25, 0.3) is 0 Å². The van der Waals surface area contributed by atoms with Gasteiger partial charge in [0.05, 0.1) is 5.56 Å². The van der Waals surface area contributed by atoms with Crippen molar-refractivity contribution in [3.8, 4) is 28.1 Å². The Kier molecular flexibility index (Phi) is 5.56. The Labute approximate surface area is 166 Å². The summed E-state index contributed by atoms with van der Waals surface area (Å²) < 4.78 is 98.1.